The Labute approximate surface area is 109 Å². The molecule has 0 saturated heterocycles. The van der Waals surface area contributed by atoms with Crippen molar-refractivity contribution in [2.24, 2.45) is 0 Å². The van der Waals surface area contributed by atoms with Crippen molar-refractivity contribution in [3.63, 3.8) is 0 Å². The van der Waals surface area contributed by atoms with E-state index in [4.69, 9.17) is 0 Å². The molecule has 0 aliphatic heterocycles. The van der Waals surface area contributed by atoms with Crippen molar-refractivity contribution in [1.82, 2.24) is 0 Å². The zero-order valence-corrected chi connectivity index (χ0v) is 5.20. The first kappa shape index (κ1) is 25.5. The van der Waals surface area contributed by atoms with E-state index in [0.717, 1.165) is 0 Å². The van der Waals surface area contributed by atoms with Gasteiger partial charge in [0.25, 0.3) is 0 Å². The van der Waals surface area contributed by atoms with Gasteiger partial charge in [0, 0.05) is 74.2 Å². The zero-order chi connectivity index (χ0) is 0. The van der Waals surface area contributed by atoms with Gasteiger partial charge in [-0.1, -0.05) is 0 Å². The third kappa shape index (κ3) is 9.15. The van der Waals surface area contributed by atoms with E-state index in [9.17, 15) is 0 Å². The van der Waals surface area contributed by atoms with Gasteiger partial charge in [0.15, 0.2) is 17.4 Å². The molecule has 4 heteroatoms. The third-order valence-corrected chi connectivity index (χ3v) is 0. The molecule has 0 atom stereocenters. The first-order valence-corrected chi connectivity index (χ1v) is 0. The van der Waals surface area contributed by atoms with Crippen LogP contribution in [0.4, 0.5) is 0 Å². The molecule has 1 radical (unpaired) electrons. The summed E-state index contributed by atoms with van der Waals surface area (Å²) >= 11 is 0. The SMILES string of the molecule is [AlH3].[Er].[H-].[Li+].[Tm]. The molecule has 0 heterocycles. The van der Waals surface area contributed by atoms with E-state index in [-0.39, 0.29) is 112 Å². The minimum absolute atomic E-state index is 0. The molecule has 4 heavy (non-hydrogen) atoms. The summed E-state index contributed by atoms with van der Waals surface area (Å²) < 4.78 is 0. The molecule has 0 aromatic carbocycles. The van der Waals surface area contributed by atoms with Crippen LogP contribution in [0.25, 0.3) is 0 Å². The molecule has 0 saturated carbocycles. The predicted molar refractivity (Wildman–Crippen MR) is 11.1 cm³/mol. The van der Waals surface area contributed by atoms with Crippen LogP contribution in [0, 0.1) is 74.2 Å². The summed E-state index contributed by atoms with van der Waals surface area (Å²) in [5.41, 5.74) is 0. The molecule has 0 fully saturated rings. The Balaban J connectivity index is 0. The van der Waals surface area contributed by atoms with Crippen LogP contribution in [0.3, 0.4) is 0 Å². The van der Waals surface area contributed by atoms with Crippen molar-refractivity contribution < 1.29 is 94.5 Å². The molecule has 0 spiro atoms. The van der Waals surface area contributed by atoms with Gasteiger partial charge < -0.3 is 1.43 Å². The summed E-state index contributed by atoms with van der Waals surface area (Å²) in [6, 6.07) is 0. The summed E-state index contributed by atoms with van der Waals surface area (Å²) in [6.45, 7) is 0. The monoisotopic (exact) mass is 373 g/mol. The second-order valence-electron chi connectivity index (χ2n) is 0. The molecule has 0 aliphatic rings. The van der Waals surface area contributed by atoms with Gasteiger partial charge >= 0.3 is 18.9 Å². The van der Waals surface area contributed by atoms with E-state index >= 15 is 0 Å². The first-order chi connectivity index (χ1) is 0. The van der Waals surface area contributed by atoms with Crippen molar-refractivity contribution >= 4 is 17.4 Å². The molecular formula is H4AlErLiTm. The van der Waals surface area contributed by atoms with Gasteiger partial charge in [-0.15, -0.1) is 0 Å². The van der Waals surface area contributed by atoms with Gasteiger partial charge in [0.2, 0.25) is 0 Å². The molecular weight excluding hydrogens is 370 g/mol. The molecule has 0 aliphatic carbocycles. The van der Waals surface area contributed by atoms with E-state index in [0.29, 0.717) is 0 Å². The van der Waals surface area contributed by atoms with Gasteiger partial charge in [0.1, 0.15) is 0 Å². The van der Waals surface area contributed by atoms with Crippen LogP contribution in [-0.4, -0.2) is 17.4 Å². The number of hydrogen-bond acceptors (Lipinski definition) is 0. The average Bonchev–Trinajstić information content (AvgIpc) is 0. The van der Waals surface area contributed by atoms with Crippen LogP contribution in [0.1, 0.15) is 1.43 Å². The van der Waals surface area contributed by atoms with Crippen LogP contribution < -0.4 is 18.9 Å². The minimum atomic E-state index is 0. The Bertz CT molecular complexity index is 11.6. The van der Waals surface area contributed by atoms with Crippen LogP contribution >= 0.6 is 0 Å². The molecule has 0 unspecified atom stereocenters. The fraction of sp³-hybridized carbons (Fsp3) is 0. The Morgan fingerprint density at radius 3 is 1.25 bits per heavy atom. The minimum Gasteiger partial charge on any atom is -1.00 e. The summed E-state index contributed by atoms with van der Waals surface area (Å²) in [4.78, 5) is 0. The van der Waals surface area contributed by atoms with E-state index in [1.54, 1.807) is 0 Å². The number of hydrogen-bond donors (Lipinski definition) is 0. The summed E-state index contributed by atoms with van der Waals surface area (Å²) in [7, 11) is 0. The molecule has 0 N–H and O–H groups in total. The van der Waals surface area contributed by atoms with Crippen LogP contribution in [-0.2, 0) is 0 Å². The van der Waals surface area contributed by atoms with Crippen LogP contribution in [0.5, 0.6) is 0 Å². The fourth-order valence-electron chi connectivity index (χ4n) is 0. The van der Waals surface area contributed by atoms with Gasteiger partial charge in [0.05, 0.1) is 0 Å². The van der Waals surface area contributed by atoms with Crippen molar-refractivity contribution in [2.75, 3.05) is 0 Å². The summed E-state index contributed by atoms with van der Waals surface area (Å²) in [5, 5.41) is 0. The molecule has 0 aromatic rings. The van der Waals surface area contributed by atoms with Gasteiger partial charge in [-0.2, -0.15) is 0 Å². The first-order valence-electron chi connectivity index (χ1n) is 0. The molecule has 0 amide bonds. The standard InChI is InChI=1S/Al.Er.Li.Tm.4H/q;;+1;;;;;-1. The molecule has 0 bridgehead atoms. The van der Waals surface area contributed by atoms with Gasteiger partial charge in [-0.25, -0.2) is 0 Å². The average molecular weight is 374 g/mol. The van der Waals surface area contributed by atoms with Crippen molar-refractivity contribution in [3.8, 4) is 0 Å². The Hall–Kier alpha value is 3.61. The van der Waals surface area contributed by atoms with E-state index in [2.05, 4.69) is 0 Å². The predicted octanol–water partition coefficient (Wildman–Crippen LogP) is -4.07. The maximum atomic E-state index is 0. The molecule has 33 valence electrons. The largest absolute Gasteiger partial charge is 1.00 e. The Morgan fingerprint density at radius 1 is 1.25 bits per heavy atom. The second kappa shape index (κ2) is 16.0. The Morgan fingerprint density at radius 2 is 1.25 bits per heavy atom. The van der Waals surface area contributed by atoms with Crippen molar-refractivity contribution in [1.29, 1.82) is 0 Å². The van der Waals surface area contributed by atoms with E-state index in [1.165, 1.54) is 0 Å². The van der Waals surface area contributed by atoms with E-state index < -0.39 is 0 Å². The smallest absolute Gasteiger partial charge is 1.00 e. The third-order valence-electron chi connectivity index (χ3n) is 0. The fourth-order valence-corrected chi connectivity index (χ4v) is 0. The topological polar surface area (TPSA) is 0 Å². The molecule has 0 aromatic heterocycles. The molecule has 0 rings (SSSR count). The van der Waals surface area contributed by atoms with Crippen LogP contribution in [0.15, 0.2) is 0 Å². The normalized spacial score (nSPS) is 0. The van der Waals surface area contributed by atoms with Gasteiger partial charge in [-0.05, 0) is 0 Å². The van der Waals surface area contributed by atoms with E-state index in [1.807, 2.05) is 0 Å². The maximum absolute atomic E-state index is 0. The second-order valence-corrected chi connectivity index (χ2v) is 0. The molecule has 0 nitrogen and oxygen atoms in total. The number of rotatable bonds is 0. The van der Waals surface area contributed by atoms with Gasteiger partial charge in [-0.3, -0.25) is 0 Å². The summed E-state index contributed by atoms with van der Waals surface area (Å²) in [5.74, 6) is 0. The Kier molecular flexibility index (Phi) is 102. The van der Waals surface area contributed by atoms with Crippen molar-refractivity contribution in [2.45, 2.75) is 0 Å². The van der Waals surface area contributed by atoms with Crippen molar-refractivity contribution in [3.05, 3.63) is 0 Å². The quantitative estimate of drug-likeness (QED) is 0.379. The summed E-state index contributed by atoms with van der Waals surface area (Å²) in [6.07, 6.45) is 0. The maximum Gasteiger partial charge on any atom is 1.00 e. The zero-order valence-electron chi connectivity index (χ0n) is 2.57. The van der Waals surface area contributed by atoms with Crippen LogP contribution in [0.2, 0.25) is 0 Å².